The number of carbonyl (C=O) groups excluding carboxylic acids is 3. The lowest BCUT2D eigenvalue weighted by molar-refractivity contribution is -0.145. The number of ether oxygens (including phenoxy) is 1. The molecule has 0 aliphatic heterocycles. The van der Waals surface area contributed by atoms with Crippen molar-refractivity contribution in [3.63, 3.8) is 0 Å². The Bertz CT molecular complexity index is 876. The molecule has 1 fully saturated rings. The van der Waals surface area contributed by atoms with Crippen LogP contribution in [0.2, 0.25) is 0 Å². The molecule has 208 valence electrons. The van der Waals surface area contributed by atoms with E-state index >= 15 is 0 Å². The molecule has 1 aromatic rings. The third-order valence-corrected chi connectivity index (χ3v) is 7.24. The summed E-state index contributed by atoms with van der Waals surface area (Å²) < 4.78 is 5.45. The van der Waals surface area contributed by atoms with Gasteiger partial charge in [-0.05, 0) is 83.4 Å². The van der Waals surface area contributed by atoms with Crippen LogP contribution in [-0.2, 0) is 20.7 Å². The Morgan fingerprint density at radius 3 is 2.22 bits per heavy atom. The van der Waals surface area contributed by atoms with E-state index in [0.29, 0.717) is 12.2 Å². The number of benzene rings is 1. The molecule has 0 spiro atoms. The summed E-state index contributed by atoms with van der Waals surface area (Å²) in [6.45, 7) is 11.3. The highest BCUT2D eigenvalue weighted by Crippen LogP contribution is 2.27. The predicted molar refractivity (Wildman–Crippen MR) is 152 cm³/mol. The first-order valence-electron chi connectivity index (χ1n) is 13.7. The summed E-state index contributed by atoms with van der Waals surface area (Å²) in [7, 11) is 0. The van der Waals surface area contributed by atoms with Crippen LogP contribution in [0.3, 0.4) is 0 Å². The maximum atomic E-state index is 14.1. The summed E-state index contributed by atoms with van der Waals surface area (Å²) in [5, 5.41) is 6.03. The Kier molecular flexibility index (Phi) is 12.3. The van der Waals surface area contributed by atoms with Crippen LogP contribution in [0.25, 0.3) is 0 Å². The number of hydrogen-bond donors (Lipinski definition) is 2. The van der Waals surface area contributed by atoms with Crippen LogP contribution in [0.1, 0.15) is 97.2 Å². The fourth-order valence-electron chi connectivity index (χ4n) is 4.70. The minimum Gasteiger partial charge on any atom is -0.444 e. The molecule has 0 aromatic heterocycles. The number of rotatable bonds is 11. The van der Waals surface area contributed by atoms with Crippen LogP contribution >= 0.6 is 11.8 Å². The Morgan fingerprint density at radius 1 is 1.08 bits per heavy atom. The molecule has 1 aromatic carbocycles. The van der Waals surface area contributed by atoms with Crippen molar-refractivity contribution in [2.24, 2.45) is 0 Å². The zero-order chi connectivity index (χ0) is 27.6. The second-order valence-electron chi connectivity index (χ2n) is 11.2. The van der Waals surface area contributed by atoms with E-state index in [1.54, 1.807) is 37.4 Å². The molecule has 0 radical (unpaired) electrons. The molecule has 2 atom stereocenters. The molecule has 8 heteroatoms. The van der Waals surface area contributed by atoms with Gasteiger partial charge in [0.25, 0.3) is 0 Å². The first-order valence-corrected chi connectivity index (χ1v) is 15.1. The number of amides is 3. The second-order valence-corrected chi connectivity index (χ2v) is 12.1. The number of nitrogens with zero attached hydrogens (tertiary/aromatic N) is 1. The van der Waals surface area contributed by atoms with Crippen LogP contribution in [-0.4, -0.2) is 58.5 Å². The number of aryl methyl sites for hydroxylation is 1. The summed E-state index contributed by atoms with van der Waals surface area (Å²) in [5.74, 6) is 0.236. The Balaban J connectivity index is 2.42. The van der Waals surface area contributed by atoms with Gasteiger partial charge in [-0.15, -0.1) is 0 Å². The molecule has 1 aliphatic carbocycles. The second kappa shape index (κ2) is 14.6. The lowest BCUT2D eigenvalue weighted by Gasteiger charge is -2.38. The molecule has 37 heavy (non-hydrogen) atoms. The predicted octanol–water partition coefficient (Wildman–Crippen LogP) is 5.62. The highest BCUT2D eigenvalue weighted by Gasteiger charge is 2.38. The maximum Gasteiger partial charge on any atom is 0.408 e. The molecule has 0 heterocycles. The van der Waals surface area contributed by atoms with Gasteiger partial charge in [0.05, 0.1) is 0 Å². The van der Waals surface area contributed by atoms with E-state index in [4.69, 9.17) is 4.74 Å². The van der Waals surface area contributed by atoms with Crippen LogP contribution in [0.4, 0.5) is 4.79 Å². The highest BCUT2D eigenvalue weighted by atomic mass is 32.2. The average Bonchev–Trinajstić information content (AvgIpc) is 2.84. The number of carbonyl (C=O) groups is 3. The molecule has 7 nitrogen and oxygen atoms in total. The van der Waals surface area contributed by atoms with E-state index in [1.165, 1.54) is 12.0 Å². The minimum absolute atomic E-state index is 0.120. The molecule has 0 bridgehead atoms. The SMILES string of the molecule is CCc1ccc(C(C(=O)NC2CCCCC2)N(C(=O)C(CCSC)NC(=O)OC(C)(C)C)C(C)C)cc1. The van der Waals surface area contributed by atoms with Gasteiger partial charge in [-0.3, -0.25) is 9.59 Å². The number of alkyl carbamates (subject to hydrolysis) is 1. The van der Waals surface area contributed by atoms with Crippen molar-refractivity contribution in [1.82, 2.24) is 15.5 Å². The van der Waals surface area contributed by atoms with E-state index < -0.39 is 23.8 Å². The standard InChI is InChI=1S/C29H47N3O4S/c1-8-21-14-16-22(17-15-21)25(26(33)30-23-12-10-9-11-13-23)32(20(2)3)27(34)24(18-19-37-7)31-28(35)36-29(4,5)6/h14-17,20,23-25H,8-13,18-19H2,1-7H3,(H,30,33)(H,31,35). The van der Waals surface area contributed by atoms with E-state index in [1.807, 2.05) is 44.4 Å². The number of nitrogens with one attached hydrogen (secondary N) is 2. The fourth-order valence-corrected chi connectivity index (χ4v) is 5.18. The van der Waals surface area contributed by atoms with Crippen LogP contribution < -0.4 is 10.6 Å². The smallest absolute Gasteiger partial charge is 0.408 e. The van der Waals surface area contributed by atoms with Gasteiger partial charge in [-0.1, -0.05) is 50.5 Å². The summed E-state index contributed by atoms with van der Waals surface area (Å²) in [4.78, 5) is 42.2. The van der Waals surface area contributed by atoms with Gasteiger partial charge >= 0.3 is 6.09 Å². The summed E-state index contributed by atoms with van der Waals surface area (Å²) in [5.41, 5.74) is 1.26. The Hall–Kier alpha value is -2.22. The van der Waals surface area contributed by atoms with Crippen molar-refractivity contribution in [2.75, 3.05) is 12.0 Å². The molecule has 1 saturated carbocycles. The van der Waals surface area contributed by atoms with E-state index in [0.717, 1.165) is 37.7 Å². The van der Waals surface area contributed by atoms with E-state index in [2.05, 4.69) is 17.6 Å². The zero-order valence-electron chi connectivity index (χ0n) is 23.8. The van der Waals surface area contributed by atoms with Crippen molar-refractivity contribution >= 4 is 29.7 Å². The summed E-state index contributed by atoms with van der Waals surface area (Å²) in [6.07, 6.45) is 7.97. The van der Waals surface area contributed by atoms with Crippen LogP contribution in [0, 0.1) is 0 Å². The third kappa shape index (κ3) is 9.87. The molecule has 0 saturated heterocycles. The zero-order valence-corrected chi connectivity index (χ0v) is 24.6. The van der Waals surface area contributed by atoms with Crippen molar-refractivity contribution in [1.29, 1.82) is 0 Å². The Labute approximate surface area is 227 Å². The molecule has 3 amide bonds. The molecule has 2 N–H and O–H groups in total. The fraction of sp³-hybridized carbons (Fsp3) is 0.690. The largest absolute Gasteiger partial charge is 0.444 e. The molecule has 2 rings (SSSR count). The quantitative estimate of drug-likeness (QED) is 0.385. The minimum atomic E-state index is -0.801. The Morgan fingerprint density at radius 2 is 1.70 bits per heavy atom. The molecule has 2 unspecified atom stereocenters. The lowest BCUT2D eigenvalue weighted by Crippen LogP contribution is -2.56. The van der Waals surface area contributed by atoms with Crippen molar-refractivity contribution in [2.45, 2.75) is 116 Å². The lowest BCUT2D eigenvalue weighted by atomic mass is 9.94. The van der Waals surface area contributed by atoms with Gasteiger partial charge in [-0.25, -0.2) is 4.79 Å². The van der Waals surface area contributed by atoms with Gasteiger partial charge < -0.3 is 20.3 Å². The monoisotopic (exact) mass is 533 g/mol. The van der Waals surface area contributed by atoms with Crippen molar-refractivity contribution < 1.29 is 19.1 Å². The number of hydrogen-bond acceptors (Lipinski definition) is 5. The van der Waals surface area contributed by atoms with Gasteiger partial charge in [0, 0.05) is 12.1 Å². The molecular weight excluding hydrogens is 486 g/mol. The summed E-state index contributed by atoms with van der Waals surface area (Å²) >= 11 is 1.60. The first kappa shape index (κ1) is 31.0. The molecular formula is C29H47N3O4S. The highest BCUT2D eigenvalue weighted by molar-refractivity contribution is 7.98. The van der Waals surface area contributed by atoms with Crippen LogP contribution in [0.5, 0.6) is 0 Å². The van der Waals surface area contributed by atoms with Crippen LogP contribution in [0.15, 0.2) is 24.3 Å². The maximum absolute atomic E-state index is 14.1. The normalized spacial score (nSPS) is 16.1. The van der Waals surface area contributed by atoms with Crippen molar-refractivity contribution in [3.05, 3.63) is 35.4 Å². The van der Waals surface area contributed by atoms with Crippen molar-refractivity contribution in [3.8, 4) is 0 Å². The van der Waals surface area contributed by atoms with Gasteiger partial charge in [0.2, 0.25) is 11.8 Å². The first-order chi connectivity index (χ1) is 17.5. The topological polar surface area (TPSA) is 87.7 Å². The summed E-state index contributed by atoms with van der Waals surface area (Å²) in [6, 6.07) is 6.19. The number of thioether (sulfide) groups is 1. The van der Waals surface area contributed by atoms with E-state index in [-0.39, 0.29) is 23.9 Å². The van der Waals surface area contributed by atoms with Gasteiger partial charge in [0.15, 0.2) is 0 Å². The van der Waals surface area contributed by atoms with Gasteiger partial charge in [-0.2, -0.15) is 11.8 Å². The average molecular weight is 534 g/mol. The van der Waals surface area contributed by atoms with E-state index in [9.17, 15) is 14.4 Å². The third-order valence-electron chi connectivity index (χ3n) is 6.59. The molecule has 1 aliphatic rings. The van der Waals surface area contributed by atoms with Gasteiger partial charge in [0.1, 0.15) is 17.7 Å².